The lowest BCUT2D eigenvalue weighted by atomic mass is 9.92. The van der Waals surface area contributed by atoms with Gasteiger partial charge < -0.3 is 15.1 Å². The van der Waals surface area contributed by atoms with Crippen molar-refractivity contribution in [2.45, 2.75) is 51.5 Å². The van der Waals surface area contributed by atoms with Gasteiger partial charge in [-0.15, -0.1) is 0 Å². The van der Waals surface area contributed by atoms with E-state index in [1.54, 1.807) is 12.1 Å². The van der Waals surface area contributed by atoms with Gasteiger partial charge >= 0.3 is 0 Å². The number of amides is 1. The zero-order valence-corrected chi connectivity index (χ0v) is 19.4. The van der Waals surface area contributed by atoms with Crippen LogP contribution < -0.4 is 5.32 Å². The van der Waals surface area contributed by atoms with Gasteiger partial charge in [0.05, 0.1) is 6.04 Å². The van der Waals surface area contributed by atoms with Gasteiger partial charge in [-0.05, 0) is 74.0 Å². The number of carbonyl (C=O) groups excluding carboxylic acids is 1. The van der Waals surface area contributed by atoms with E-state index in [1.165, 1.54) is 37.8 Å². The number of hydrogen-bond acceptors (Lipinski definition) is 3. The average molecular weight is 447 g/mol. The van der Waals surface area contributed by atoms with Crippen LogP contribution in [-0.2, 0) is 4.79 Å². The van der Waals surface area contributed by atoms with Crippen LogP contribution in [-0.4, -0.2) is 71.0 Å². The number of thiocarbonyl (C=S) groups is 1. The van der Waals surface area contributed by atoms with Crippen molar-refractivity contribution in [3.63, 3.8) is 0 Å². The van der Waals surface area contributed by atoms with E-state index in [0.29, 0.717) is 16.9 Å². The number of nitrogens with one attached hydrogen (secondary N) is 1. The summed E-state index contributed by atoms with van der Waals surface area (Å²) in [7, 11) is 0. The van der Waals surface area contributed by atoms with E-state index in [-0.39, 0.29) is 11.9 Å². The lowest BCUT2D eigenvalue weighted by molar-refractivity contribution is -0.141. The zero-order chi connectivity index (χ0) is 21.8. The van der Waals surface area contributed by atoms with Crippen LogP contribution in [0.1, 0.15) is 45.4 Å². The number of halogens is 1. The summed E-state index contributed by atoms with van der Waals surface area (Å²) in [5.74, 6) is 1.32. The van der Waals surface area contributed by atoms with E-state index >= 15 is 0 Å². The number of anilines is 1. The molecule has 5 nitrogen and oxygen atoms in total. The molecule has 0 bridgehead atoms. The zero-order valence-electron chi connectivity index (χ0n) is 18.6. The van der Waals surface area contributed by atoms with Crippen LogP contribution in [0.2, 0.25) is 0 Å². The summed E-state index contributed by atoms with van der Waals surface area (Å²) >= 11 is 5.59. The summed E-state index contributed by atoms with van der Waals surface area (Å²) in [4.78, 5) is 20.3. The Labute approximate surface area is 190 Å². The second kappa shape index (κ2) is 10.3. The van der Waals surface area contributed by atoms with Crippen molar-refractivity contribution in [1.29, 1.82) is 0 Å². The van der Waals surface area contributed by atoms with E-state index in [0.717, 1.165) is 63.7 Å². The molecular formula is C24H35FN4OS. The van der Waals surface area contributed by atoms with Crippen LogP contribution in [0.3, 0.4) is 0 Å². The van der Waals surface area contributed by atoms with Crippen LogP contribution in [0.15, 0.2) is 24.3 Å². The van der Waals surface area contributed by atoms with Gasteiger partial charge in [-0.1, -0.05) is 19.8 Å². The molecule has 3 fully saturated rings. The number of rotatable bonds is 4. The number of hydrogen-bond donors (Lipinski definition) is 1. The van der Waals surface area contributed by atoms with Crippen LogP contribution in [0.4, 0.5) is 10.1 Å². The first kappa shape index (κ1) is 22.5. The molecule has 1 amide bonds. The van der Waals surface area contributed by atoms with Gasteiger partial charge in [0.25, 0.3) is 0 Å². The Hall–Kier alpha value is -1.73. The topological polar surface area (TPSA) is 38.8 Å². The highest BCUT2D eigenvalue weighted by Crippen LogP contribution is 2.32. The van der Waals surface area contributed by atoms with E-state index in [2.05, 4.69) is 26.9 Å². The van der Waals surface area contributed by atoms with Crippen molar-refractivity contribution in [3.8, 4) is 0 Å². The standard InChI is InChI=1S/C24H35FN4OS/c1-18-10-12-28(13-11-18)23(30)22(19-4-2-3-5-19)27-14-16-29(17-15-27)24(31)26-21-8-6-20(25)7-9-21/h6-9,18-19,22H,2-5,10-17H2,1H3,(H,26,31)/t22-/m0/s1. The maximum Gasteiger partial charge on any atom is 0.240 e. The SMILES string of the molecule is CC1CCN(C(=O)[C@H](C2CCCC2)N2CCN(C(=S)Nc3ccc(F)cc3)CC2)CC1. The second-order valence-electron chi connectivity index (χ2n) is 9.46. The molecule has 0 radical (unpaired) electrons. The maximum absolute atomic E-state index is 13.6. The van der Waals surface area contributed by atoms with Gasteiger partial charge in [0.15, 0.2) is 5.11 Å². The number of likely N-dealkylation sites (tertiary alicyclic amines) is 1. The van der Waals surface area contributed by atoms with Crippen LogP contribution >= 0.6 is 12.2 Å². The fraction of sp³-hybridized carbons (Fsp3) is 0.667. The first-order chi connectivity index (χ1) is 15.0. The summed E-state index contributed by atoms with van der Waals surface area (Å²) in [5, 5.41) is 3.88. The van der Waals surface area contributed by atoms with Crippen molar-refractivity contribution in [2.24, 2.45) is 11.8 Å². The first-order valence-electron chi connectivity index (χ1n) is 11.9. The molecule has 1 aromatic rings. The number of piperidine rings is 1. The summed E-state index contributed by atoms with van der Waals surface area (Å²) in [6.07, 6.45) is 7.09. The molecule has 2 saturated heterocycles. The van der Waals surface area contributed by atoms with Crippen LogP contribution in [0, 0.1) is 17.7 Å². The van der Waals surface area contributed by atoms with Crippen molar-refractivity contribution >= 4 is 28.9 Å². The predicted octanol–water partition coefficient (Wildman–Crippen LogP) is 3.96. The summed E-state index contributed by atoms with van der Waals surface area (Å²) < 4.78 is 13.1. The minimum absolute atomic E-state index is 0.0247. The normalized spacial score (nSPS) is 22.5. The Morgan fingerprint density at radius 3 is 2.19 bits per heavy atom. The number of piperazine rings is 1. The Morgan fingerprint density at radius 1 is 0.968 bits per heavy atom. The van der Waals surface area contributed by atoms with Crippen LogP contribution in [0.25, 0.3) is 0 Å². The molecule has 1 saturated carbocycles. The van der Waals surface area contributed by atoms with Crippen molar-refractivity contribution in [2.75, 3.05) is 44.6 Å². The highest BCUT2D eigenvalue weighted by Gasteiger charge is 2.39. The quantitative estimate of drug-likeness (QED) is 0.709. The van der Waals surface area contributed by atoms with Gasteiger partial charge in [0.2, 0.25) is 5.91 Å². The molecule has 0 spiro atoms. The molecule has 31 heavy (non-hydrogen) atoms. The van der Waals surface area contributed by atoms with Crippen molar-refractivity contribution < 1.29 is 9.18 Å². The van der Waals surface area contributed by atoms with Gasteiger partial charge in [-0.25, -0.2) is 4.39 Å². The lowest BCUT2D eigenvalue weighted by Crippen LogP contribution is -2.59. The lowest BCUT2D eigenvalue weighted by Gasteiger charge is -2.44. The highest BCUT2D eigenvalue weighted by atomic mass is 32.1. The molecule has 2 heterocycles. The fourth-order valence-electron chi connectivity index (χ4n) is 5.28. The molecular weight excluding hydrogens is 411 g/mol. The van der Waals surface area contributed by atoms with E-state index in [1.807, 2.05) is 0 Å². The Morgan fingerprint density at radius 2 is 1.58 bits per heavy atom. The first-order valence-corrected chi connectivity index (χ1v) is 12.3. The summed E-state index contributed by atoms with van der Waals surface area (Å²) in [5.41, 5.74) is 0.798. The molecule has 1 aromatic carbocycles. The van der Waals surface area contributed by atoms with E-state index in [9.17, 15) is 9.18 Å². The largest absolute Gasteiger partial charge is 0.346 e. The summed E-state index contributed by atoms with van der Waals surface area (Å²) in [6.45, 7) is 7.42. The van der Waals surface area contributed by atoms with Gasteiger partial charge in [-0.3, -0.25) is 9.69 Å². The number of carbonyl (C=O) groups is 1. The Balaban J connectivity index is 1.36. The molecule has 0 unspecified atom stereocenters. The van der Waals surface area contributed by atoms with E-state index < -0.39 is 0 Å². The average Bonchev–Trinajstić information content (AvgIpc) is 3.31. The van der Waals surface area contributed by atoms with Gasteiger partial charge in [0, 0.05) is 45.0 Å². The predicted molar refractivity (Wildman–Crippen MR) is 126 cm³/mol. The number of nitrogens with zero attached hydrogens (tertiary/aromatic N) is 3. The van der Waals surface area contributed by atoms with E-state index in [4.69, 9.17) is 12.2 Å². The minimum Gasteiger partial charge on any atom is -0.346 e. The molecule has 1 N–H and O–H groups in total. The second-order valence-corrected chi connectivity index (χ2v) is 9.84. The third-order valence-electron chi connectivity index (χ3n) is 7.29. The van der Waals surface area contributed by atoms with Crippen LogP contribution in [0.5, 0.6) is 0 Å². The molecule has 4 rings (SSSR count). The van der Waals surface area contributed by atoms with Crippen molar-refractivity contribution in [3.05, 3.63) is 30.1 Å². The molecule has 7 heteroatoms. The van der Waals surface area contributed by atoms with Gasteiger partial charge in [0.1, 0.15) is 5.82 Å². The molecule has 1 atom stereocenters. The monoisotopic (exact) mass is 446 g/mol. The fourth-order valence-corrected chi connectivity index (χ4v) is 5.58. The third kappa shape index (κ3) is 5.55. The maximum atomic E-state index is 13.6. The molecule has 0 aromatic heterocycles. The summed E-state index contributed by atoms with van der Waals surface area (Å²) in [6, 6.07) is 6.29. The van der Waals surface area contributed by atoms with Gasteiger partial charge in [-0.2, -0.15) is 0 Å². The van der Waals surface area contributed by atoms with Crippen molar-refractivity contribution in [1.82, 2.24) is 14.7 Å². The third-order valence-corrected chi connectivity index (χ3v) is 7.65. The molecule has 1 aliphatic carbocycles. The molecule has 3 aliphatic rings. The highest BCUT2D eigenvalue weighted by molar-refractivity contribution is 7.80. The minimum atomic E-state index is -0.254. The molecule has 170 valence electrons. The number of benzene rings is 1. The smallest absolute Gasteiger partial charge is 0.240 e. The Bertz CT molecular complexity index is 751. The Kier molecular flexibility index (Phi) is 7.43. The molecule has 2 aliphatic heterocycles.